The van der Waals surface area contributed by atoms with Crippen LogP contribution >= 0.6 is 22.9 Å². The maximum absolute atomic E-state index is 14.6. The van der Waals surface area contributed by atoms with E-state index in [9.17, 15) is 22.4 Å². The molecule has 3 amide bonds. The highest BCUT2D eigenvalue weighted by molar-refractivity contribution is 7.92. The molecule has 1 aliphatic carbocycles. The van der Waals surface area contributed by atoms with Crippen LogP contribution in [0.4, 0.5) is 14.9 Å². The Labute approximate surface area is 246 Å². The van der Waals surface area contributed by atoms with E-state index in [-0.39, 0.29) is 31.5 Å². The molecule has 3 aliphatic rings. The zero-order valence-corrected chi connectivity index (χ0v) is 24.6. The van der Waals surface area contributed by atoms with Gasteiger partial charge in [-0.25, -0.2) is 22.3 Å². The second kappa shape index (κ2) is 12.0. The number of ether oxygens (including phenoxy) is 2. The van der Waals surface area contributed by atoms with Gasteiger partial charge in [0.2, 0.25) is 0 Å². The molecule has 1 fully saturated rings. The quantitative estimate of drug-likeness (QED) is 0.428. The first-order chi connectivity index (χ1) is 19.6. The average Bonchev–Trinajstić information content (AvgIpc) is 3.38. The van der Waals surface area contributed by atoms with Gasteiger partial charge in [0, 0.05) is 37.8 Å². The predicted molar refractivity (Wildman–Crippen MR) is 152 cm³/mol. The standard InChI is InChI=1S/C26H29ClFN5O6S2/c1-15-11-16(3-4-19(15)30-26(35)31-41(36,37)24-6-5-22(27)40-24)33-23(14-32-7-9-38-10-8-32)39-21-13-20(29-2)18(28)12-17(21)25(33)34/h3-6,11-13,15,19,23,29H,7-10,14H2,1-2H3,(H2,30,31,35). The lowest BCUT2D eigenvalue weighted by molar-refractivity contribution is -0.0191. The fourth-order valence-electron chi connectivity index (χ4n) is 4.82. The number of halogens is 2. The van der Waals surface area contributed by atoms with Crippen LogP contribution in [0, 0.1) is 11.7 Å². The molecule has 3 heterocycles. The van der Waals surface area contributed by atoms with Gasteiger partial charge < -0.3 is 20.1 Å². The Morgan fingerprint density at radius 1 is 1.24 bits per heavy atom. The largest absolute Gasteiger partial charge is 0.468 e. The van der Waals surface area contributed by atoms with Gasteiger partial charge in [-0.2, -0.15) is 0 Å². The number of rotatable bonds is 7. The van der Waals surface area contributed by atoms with Crippen LogP contribution in [0.15, 0.2) is 52.4 Å². The van der Waals surface area contributed by atoms with Gasteiger partial charge in [-0.3, -0.25) is 14.6 Å². The third kappa shape index (κ3) is 6.36. The first-order valence-electron chi connectivity index (χ1n) is 12.9. The number of fused-ring (bicyclic) bond motifs is 1. The number of allylic oxidation sites excluding steroid dienone is 1. The van der Waals surface area contributed by atoms with Crippen LogP contribution in [-0.4, -0.2) is 82.3 Å². The van der Waals surface area contributed by atoms with Crippen LogP contribution in [0.5, 0.6) is 5.75 Å². The third-order valence-corrected chi connectivity index (χ3v) is 10.0. The molecule has 2 aromatic rings. The fourth-order valence-corrected chi connectivity index (χ4v) is 7.22. The van der Waals surface area contributed by atoms with Crippen molar-refractivity contribution in [3.63, 3.8) is 0 Å². The molecule has 1 aromatic heterocycles. The van der Waals surface area contributed by atoms with Crippen molar-refractivity contribution in [3.8, 4) is 5.75 Å². The molecule has 0 radical (unpaired) electrons. The zero-order chi connectivity index (χ0) is 29.3. The van der Waals surface area contributed by atoms with Crippen molar-refractivity contribution in [2.24, 2.45) is 5.92 Å². The minimum absolute atomic E-state index is 0.0828. The summed E-state index contributed by atoms with van der Waals surface area (Å²) >= 11 is 6.66. The second-order valence-electron chi connectivity index (χ2n) is 9.71. The number of carbonyl (C=O) groups is 2. The Balaban J connectivity index is 1.35. The van der Waals surface area contributed by atoms with Crippen molar-refractivity contribution >= 4 is 50.6 Å². The molecule has 3 atom stereocenters. The molecule has 11 nitrogen and oxygen atoms in total. The Morgan fingerprint density at radius 3 is 2.66 bits per heavy atom. The van der Waals surface area contributed by atoms with Crippen LogP contribution in [-0.2, 0) is 14.8 Å². The number of nitrogens with zero attached hydrogens (tertiary/aromatic N) is 2. The molecule has 15 heteroatoms. The summed E-state index contributed by atoms with van der Waals surface area (Å²) in [6.45, 7) is 4.70. The van der Waals surface area contributed by atoms with Gasteiger partial charge in [0.25, 0.3) is 15.9 Å². The number of carbonyl (C=O) groups excluding carboxylic acids is 2. The lowest BCUT2D eigenvalue weighted by atomic mass is 9.94. The van der Waals surface area contributed by atoms with Gasteiger partial charge in [0.15, 0.2) is 6.23 Å². The van der Waals surface area contributed by atoms with E-state index in [2.05, 4.69) is 15.5 Å². The highest BCUT2D eigenvalue weighted by Crippen LogP contribution is 2.36. The molecule has 41 heavy (non-hydrogen) atoms. The van der Waals surface area contributed by atoms with E-state index in [0.717, 1.165) is 17.4 Å². The molecule has 3 unspecified atom stereocenters. The molecule has 1 saturated heterocycles. The number of amides is 3. The third-order valence-electron chi connectivity index (χ3n) is 6.95. The van der Waals surface area contributed by atoms with Gasteiger partial charge in [-0.1, -0.05) is 30.7 Å². The maximum atomic E-state index is 14.6. The van der Waals surface area contributed by atoms with Crippen LogP contribution < -0.4 is 20.1 Å². The van der Waals surface area contributed by atoms with Gasteiger partial charge in [0.05, 0.1) is 41.4 Å². The number of morpholine rings is 1. The summed E-state index contributed by atoms with van der Waals surface area (Å²) < 4.78 is 53.5. The van der Waals surface area contributed by atoms with E-state index in [0.29, 0.717) is 38.5 Å². The summed E-state index contributed by atoms with van der Waals surface area (Å²) in [5.74, 6) is -1.04. The Morgan fingerprint density at radius 2 is 2.00 bits per heavy atom. The van der Waals surface area contributed by atoms with Crippen LogP contribution in [0.25, 0.3) is 0 Å². The van der Waals surface area contributed by atoms with Crippen molar-refractivity contribution in [2.45, 2.75) is 23.4 Å². The van der Waals surface area contributed by atoms with Crippen molar-refractivity contribution < 1.29 is 31.9 Å². The number of nitrogens with one attached hydrogen (secondary N) is 3. The normalized spacial score (nSPS) is 22.9. The zero-order valence-electron chi connectivity index (χ0n) is 22.2. The summed E-state index contributed by atoms with van der Waals surface area (Å²) in [4.78, 5) is 29.9. The molecule has 0 saturated carbocycles. The van der Waals surface area contributed by atoms with E-state index >= 15 is 0 Å². The first-order valence-corrected chi connectivity index (χ1v) is 15.5. The molecule has 0 spiro atoms. The molecule has 2 aliphatic heterocycles. The van der Waals surface area contributed by atoms with Crippen LogP contribution in [0.3, 0.4) is 0 Å². The average molecular weight is 626 g/mol. The number of sulfonamides is 1. The van der Waals surface area contributed by atoms with Crippen molar-refractivity contribution in [3.05, 3.63) is 63.9 Å². The minimum Gasteiger partial charge on any atom is -0.468 e. The monoisotopic (exact) mass is 625 g/mol. The lowest BCUT2D eigenvalue weighted by Gasteiger charge is -2.41. The number of benzene rings is 1. The van der Waals surface area contributed by atoms with Crippen LogP contribution in [0.2, 0.25) is 4.34 Å². The van der Waals surface area contributed by atoms with E-state index in [1.807, 2.05) is 11.6 Å². The summed E-state index contributed by atoms with van der Waals surface area (Å²) in [6, 6.07) is 3.92. The van der Waals surface area contributed by atoms with Crippen molar-refractivity contribution in [1.82, 2.24) is 19.8 Å². The number of hydrogen-bond acceptors (Lipinski definition) is 9. The van der Waals surface area contributed by atoms with Gasteiger partial charge in [0.1, 0.15) is 15.8 Å². The van der Waals surface area contributed by atoms with Crippen molar-refractivity contribution in [2.75, 3.05) is 45.2 Å². The summed E-state index contributed by atoms with van der Waals surface area (Å²) in [5, 5.41) is 5.42. The minimum atomic E-state index is -4.09. The number of anilines is 1. The smallest absolute Gasteiger partial charge is 0.329 e. The fraction of sp³-hybridized carbons (Fsp3) is 0.385. The maximum Gasteiger partial charge on any atom is 0.329 e. The highest BCUT2D eigenvalue weighted by Gasteiger charge is 2.39. The summed E-state index contributed by atoms with van der Waals surface area (Å²) in [5.41, 5.74) is 0.834. The molecular weight excluding hydrogens is 597 g/mol. The van der Waals surface area contributed by atoms with Gasteiger partial charge in [-0.05, 0) is 24.3 Å². The SMILES string of the molecule is CNc1cc2c(cc1F)C(=O)N(C1=CC(C)C(NC(=O)NS(=O)(=O)c3ccc(Cl)s3)C=C1)C(CN1CCOCC1)O2. The van der Waals surface area contributed by atoms with Crippen molar-refractivity contribution in [1.29, 1.82) is 0 Å². The van der Waals surface area contributed by atoms with E-state index in [1.54, 1.807) is 25.3 Å². The van der Waals surface area contributed by atoms with E-state index in [4.69, 9.17) is 21.1 Å². The Bertz CT molecular complexity index is 1510. The summed E-state index contributed by atoms with van der Waals surface area (Å²) in [6.07, 6.45) is 4.42. The highest BCUT2D eigenvalue weighted by atomic mass is 35.5. The summed E-state index contributed by atoms with van der Waals surface area (Å²) in [7, 11) is -2.50. The topological polar surface area (TPSA) is 129 Å². The number of hydrogen-bond donors (Lipinski definition) is 3. The number of urea groups is 1. The Hall–Kier alpha value is -3.17. The van der Waals surface area contributed by atoms with E-state index in [1.165, 1.54) is 23.1 Å². The Kier molecular flexibility index (Phi) is 8.57. The molecule has 220 valence electrons. The molecule has 3 N–H and O–H groups in total. The van der Waals surface area contributed by atoms with Gasteiger partial charge in [-0.15, -0.1) is 11.3 Å². The molecule has 1 aromatic carbocycles. The lowest BCUT2D eigenvalue weighted by Crippen LogP contribution is -2.54. The second-order valence-corrected chi connectivity index (χ2v) is 13.3. The molecule has 0 bridgehead atoms. The molecular formula is C26H29ClFN5O6S2. The van der Waals surface area contributed by atoms with E-state index < -0.39 is 40.0 Å². The predicted octanol–water partition coefficient (Wildman–Crippen LogP) is 3.22. The first kappa shape index (κ1) is 29.3. The molecule has 5 rings (SSSR count). The van der Waals surface area contributed by atoms with Gasteiger partial charge >= 0.3 is 6.03 Å². The van der Waals surface area contributed by atoms with Crippen LogP contribution in [0.1, 0.15) is 17.3 Å². The number of thiophene rings is 1.